The van der Waals surface area contributed by atoms with E-state index in [-0.39, 0.29) is 6.42 Å². The number of carbonyl (C=O) groups excluding carboxylic acids is 1. The molecule has 2 unspecified atom stereocenters. The molecule has 2 aromatic carbocycles. The smallest absolute Gasteiger partial charge is 0.416 e. The summed E-state index contributed by atoms with van der Waals surface area (Å²) in [6.45, 7) is 2.76. The van der Waals surface area contributed by atoms with Gasteiger partial charge in [0, 0.05) is 39.1 Å². The van der Waals surface area contributed by atoms with E-state index in [0.29, 0.717) is 49.8 Å². The zero-order valence-corrected chi connectivity index (χ0v) is 22.6. The Morgan fingerprint density at radius 1 is 1.11 bits per heavy atom. The average Bonchev–Trinajstić information content (AvgIpc) is 2.81. The van der Waals surface area contributed by atoms with Gasteiger partial charge in [-0.25, -0.2) is 4.98 Å². The van der Waals surface area contributed by atoms with Gasteiger partial charge in [-0.15, -0.1) is 0 Å². The minimum Gasteiger partial charge on any atom is -0.471 e. The van der Waals surface area contributed by atoms with Crippen LogP contribution in [0.2, 0.25) is 15.1 Å². The van der Waals surface area contributed by atoms with Gasteiger partial charge in [0.2, 0.25) is 11.8 Å². The van der Waals surface area contributed by atoms with Crippen LogP contribution >= 0.6 is 34.8 Å². The summed E-state index contributed by atoms with van der Waals surface area (Å²) in [4.78, 5) is 17.5. The van der Waals surface area contributed by atoms with Crippen molar-refractivity contribution in [3.05, 3.63) is 69.2 Å². The largest absolute Gasteiger partial charge is 0.471 e. The lowest BCUT2D eigenvalue weighted by atomic mass is 9.82. The van der Waals surface area contributed by atoms with Crippen molar-refractivity contribution in [2.24, 2.45) is 0 Å². The quantitative estimate of drug-likeness (QED) is 0.314. The fourth-order valence-corrected chi connectivity index (χ4v) is 5.06. The van der Waals surface area contributed by atoms with Crippen LogP contribution < -0.4 is 10.1 Å². The molecule has 0 spiro atoms. The van der Waals surface area contributed by atoms with Crippen LogP contribution in [0.25, 0.3) is 22.4 Å². The molecule has 38 heavy (non-hydrogen) atoms. The number of nitrogens with one attached hydrogen (secondary N) is 1. The first-order chi connectivity index (χ1) is 17.7. The van der Waals surface area contributed by atoms with Gasteiger partial charge < -0.3 is 15.2 Å². The van der Waals surface area contributed by atoms with Gasteiger partial charge in [0.1, 0.15) is 5.60 Å². The Morgan fingerprint density at radius 2 is 1.76 bits per heavy atom. The summed E-state index contributed by atoms with van der Waals surface area (Å²) in [7, 11) is 0. The number of halogens is 6. The molecule has 0 saturated carbocycles. The molecular formula is C27H24Cl3F3N2O3. The van der Waals surface area contributed by atoms with Crippen LogP contribution in [0, 0.1) is 0 Å². The maximum Gasteiger partial charge on any atom is 0.416 e. The maximum absolute atomic E-state index is 12.7. The van der Waals surface area contributed by atoms with Crippen LogP contribution in [0.4, 0.5) is 13.2 Å². The Bertz CT molecular complexity index is 1350. The van der Waals surface area contributed by atoms with Crippen molar-refractivity contribution in [3.63, 3.8) is 0 Å². The van der Waals surface area contributed by atoms with Gasteiger partial charge in [-0.1, -0.05) is 46.9 Å². The van der Waals surface area contributed by atoms with Crippen LogP contribution in [0.5, 0.6) is 5.88 Å². The van der Waals surface area contributed by atoms with Crippen molar-refractivity contribution in [3.8, 4) is 28.3 Å². The number of fused-ring (bicyclic) bond motifs is 1. The van der Waals surface area contributed by atoms with E-state index in [1.807, 2.05) is 32.0 Å². The summed E-state index contributed by atoms with van der Waals surface area (Å²) in [5, 5.41) is 12.8. The number of rotatable bonds is 6. The van der Waals surface area contributed by atoms with Gasteiger partial charge in [0.15, 0.2) is 6.10 Å². The number of aliphatic hydroxyl groups is 1. The number of hydrogen-bond donors (Lipinski definition) is 2. The summed E-state index contributed by atoms with van der Waals surface area (Å²) >= 11 is 18.7. The molecule has 2 heterocycles. The molecule has 0 radical (unpaired) electrons. The Morgan fingerprint density at radius 3 is 2.39 bits per heavy atom. The van der Waals surface area contributed by atoms with E-state index in [0.717, 1.165) is 5.56 Å². The van der Waals surface area contributed by atoms with Crippen molar-refractivity contribution >= 4 is 40.7 Å². The minimum absolute atomic E-state index is 0.118. The second kappa shape index (κ2) is 10.9. The van der Waals surface area contributed by atoms with Crippen molar-refractivity contribution in [1.82, 2.24) is 10.3 Å². The lowest BCUT2D eigenvalue weighted by molar-refractivity contribution is -0.201. The highest BCUT2D eigenvalue weighted by Crippen LogP contribution is 2.46. The fourth-order valence-electron chi connectivity index (χ4n) is 4.43. The number of aliphatic hydroxyl groups excluding tert-OH is 1. The lowest BCUT2D eigenvalue weighted by Gasteiger charge is -2.37. The maximum atomic E-state index is 12.7. The summed E-state index contributed by atoms with van der Waals surface area (Å²) in [6.07, 6.45) is -7.17. The summed E-state index contributed by atoms with van der Waals surface area (Å²) in [6, 6.07) is 14.1. The first kappa shape index (κ1) is 28.5. The van der Waals surface area contributed by atoms with Gasteiger partial charge >= 0.3 is 6.18 Å². The number of nitrogens with zero attached hydrogens (tertiary/aromatic N) is 1. The third kappa shape index (κ3) is 6.54. The zero-order valence-electron chi connectivity index (χ0n) is 20.4. The van der Waals surface area contributed by atoms with E-state index in [2.05, 4.69) is 5.32 Å². The number of carbonyl (C=O) groups is 1. The molecule has 0 fully saturated rings. The molecule has 0 saturated heterocycles. The highest BCUT2D eigenvalue weighted by Gasteiger charge is 2.39. The molecule has 1 aliphatic heterocycles. The van der Waals surface area contributed by atoms with E-state index in [9.17, 15) is 23.1 Å². The molecule has 2 atom stereocenters. The Labute approximate surface area is 232 Å². The predicted octanol–water partition coefficient (Wildman–Crippen LogP) is 7.45. The Hall–Kier alpha value is -2.52. The summed E-state index contributed by atoms with van der Waals surface area (Å²) in [5.41, 5.74) is 2.56. The van der Waals surface area contributed by atoms with Gasteiger partial charge in [0.05, 0.1) is 17.3 Å². The third-order valence-corrected chi connectivity index (χ3v) is 7.01. The first-order valence-electron chi connectivity index (χ1n) is 11.7. The monoisotopic (exact) mass is 586 g/mol. The molecule has 4 rings (SSSR count). The van der Waals surface area contributed by atoms with Crippen LogP contribution in [0.3, 0.4) is 0 Å². The Balaban J connectivity index is 1.77. The van der Waals surface area contributed by atoms with E-state index in [1.54, 1.807) is 30.3 Å². The molecule has 0 aliphatic carbocycles. The average molecular weight is 588 g/mol. The van der Waals surface area contributed by atoms with E-state index >= 15 is 0 Å². The number of aromatic nitrogens is 1. The molecule has 1 aliphatic rings. The number of benzene rings is 2. The Kier molecular flexibility index (Phi) is 8.19. The predicted molar refractivity (Wildman–Crippen MR) is 142 cm³/mol. The standard InChI is InChI=1S/C27H24Cl3F3N2O3/c1-26(2)12-15(9-23(37)34-13-22(36)27(31,32)33)20-11-19(14-3-5-16(28)6-4-14)24(35-25(20)38-26)18-8-7-17(29)10-21(18)30/h3-8,10-11,15,22,36H,9,12-13H2,1-2H3,(H,34,37). The molecule has 0 bridgehead atoms. The highest BCUT2D eigenvalue weighted by atomic mass is 35.5. The van der Waals surface area contributed by atoms with Crippen molar-refractivity contribution in [2.45, 2.75) is 50.5 Å². The van der Waals surface area contributed by atoms with Gasteiger partial charge in [-0.2, -0.15) is 13.2 Å². The molecule has 1 amide bonds. The summed E-state index contributed by atoms with van der Waals surface area (Å²) < 4.78 is 44.2. The van der Waals surface area contributed by atoms with Crippen molar-refractivity contribution in [1.29, 1.82) is 0 Å². The van der Waals surface area contributed by atoms with Crippen molar-refractivity contribution in [2.75, 3.05) is 6.54 Å². The molecule has 2 N–H and O–H groups in total. The number of pyridine rings is 1. The van der Waals surface area contributed by atoms with Crippen LogP contribution in [-0.2, 0) is 4.79 Å². The molecule has 5 nitrogen and oxygen atoms in total. The van der Waals surface area contributed by atoms with Crippen LogP contribution in [-0.4, -0.2) is 40.4 Å². The number of hydrogen-bond acceptors (Lipinski definition) is 4. The van der Waals surface area contributed by atoms with Gasteiger partial charge in [0.25, 0.3) is 0 Å². The van der Waals surface area contributed by atoms with Gasteiger partial charge in [-0.3, -0.25) is 4.79 Å². The molecular weight excluding hydrogens is 564 g/mol. The minimum atomic E-state index is -4.82. The van der Waals surface area contributed by atoms with Gasteiger partial charge in [-0.05, 0) is 62.2 Å². The molecule has 202 valence electrons. The number of ether oxygens (including phenoxy) is 1. The van der Waals surface area contributed by atoms with E-state index in [1.165, 1.54) is 0 Å². The normalized spacial score (nSPS) is 17.3. The zero-order chi connectivity index (χ0) is 27.8. The number of alkyl halides is 3. The fraction of sp³-hybridized carbons (Fsp3) is 0.333. The van der Waals surface area contributed by atoms with E-state index < -0.39 is 36.3 Å². The third-order valence-electron chi connectivity index (χ3n) is 6.21. The lowest BCUT2D eigenvalue weighted by Crippen LogP contribution is -2.42. The number of amides is 1. The molecule has 11 heteroatoms. The second-order valence-electron chi connectivity index (χ2n) is 9.74. The highest BCUT2D eigenvalue weighted by molar-refractivity contribution is 6.36. The van der Waals surface area contributed by atoms with Crippen molar-refractivity contribution < 1.29 is 27.8 Å². The van der Waals surface area contributed by atoms with Crippen LogP contribution in [0.1, 0.15) is 38.2 Å². The SMILES string of the molecule is CC1(C)CC(CC(=O)NCC(O)C(F)(F)F)c2cc(-c3ccc(Cl)cc3)c(-c3ccc(Cl)cc3Cl)nc2O1. The topological polar surface area (TPSA) is 71.5 Å². The van der Waals surface area contributed by atoms with E-state index in [4.69, 9.17) is 44.5 Å². The molecule has 1 aromatic heterocycles. The second-order valence-corrected chi connectivity index (χ2v) is 11.0. The first-order valence-corrected chi connectivity index (χ1v) is 12.8. The summed E-state index contributed by atoms with van der Waals surface area (Å²) in [5.74, 6) is -0.738. The van der Waals surface area contributed by atoms with Crippen LogP contribution in [0.15, 0.2) is 48.5 Å². The molecule has 3 aromatic rings.